The van der Waals surface area contributed by atoms with Crippen molar-refractivity contribution < 1.29 is 22.5 Å². The molecule has 2 aromatic rings. The Bertz CT molecular complexity index is 778. The number of carbonyl (C=O) groups is 1. The molecular formula is C18H18F3N3O2. The molecule has 0 unspecified atom stereocenters. The molecule has 1 amide bonds. The standard InChI is InChI=1S/C18H18F3N3O2/c1-2-11-24(14-5-3-4-6-14)16(25)13-9-7-12(8-10-13)15-22-17(26-23-15)18(19,20)21/h2,7-10,14H,1,3-6,11H2. The summed E-state index contributed by atoms with van der Waals surface area (Å²) in [5, 5.41) is 3.34. The van der Waals surface area contributed by atoms with Crippen LogP contribution in [0.15, 0.2) is 41.4 Å². The average molecular weight is 365 g/mol. The lowest BCUT2D eigenvalue weighted by Gasteiger charge is -2.28. The number of benzene rings is 1. The number of nitrogens with zero attached hydrogens (tertiary/aromatic N) is 3. The Morgan fingerprint density at radius 1 is 1.27 bits per heavy atom. The summed E-state index contributed by atoms with van der Waals surface area (Å²) in [5.74, 6) is -1.69. The molecular weight excluding hydrogens is 347 g/mol. The number of hydrogen-bond acceptors (Lipinski definition) is 4. The van der Waals surface area contributed by atoms with Crippen molar-refractivity contribution in [1.82, 2.24) is 15.0 Å². The fourth-order valence-electron chi connectivity index (χ4n) is 3.14. The summed E-state index contributed by atoms with van der Waals surface area (Å²) in [7, 11) is 0. The highest BCUT2D eigenvalue weighted by atomic mass is 19.4. The van der Waals surface area contributed by atoms with Crippen LogP contribution >= 0.6 is 0 Å². The number of amides is 1. The van der Waals surface area contributed by atoms with Gasteiger partial charge in [0, 0.05) is 23.7 Å². The van der Waals surface area contributed by atoms with Gasteiger partial charge in [-0.2, -0.15) is 18.2 Å². The van der Waals surface area contributed by atoms with Gasteiger partial charge in [0.25, 0.3) is 5.91 Å². The molecule has 1 aromatic carbocycles. The highest BCUT2D eigenvalue weighted by Gasteiger charge is 2.38. The van der Waals surface area contributed by atoms with Crippen LogP contribution in [0.5, 0.6) is 0 Å². The van der Waals surface area contributed by atoms with E-state index < -0.39 is 12.1 Å². The minimum Gasteiger partial charge on any atom is -0.332 e. The molecule has 1 fully saturated rings. The highest BCUT2D eigenvalue weighted by molar-refractivity contribution is 5.95. The number of aromatic nitrogens is 2. The quantitative estimate of drug-likeness (QED) is 0.740. The molecule has 0 radical (unpaired) electrons. The smallest absolute Gasteiger partial charge is 0.332 e. The van der Waals surface area contributed by atoms with E-state index in [4.69, 9.17) is 0 Å². The van der Waals surface area contributed by atoms with Crippen molar-refractivity contribution in [3.8, 4) is 11.4 Å². The Kier molecular flexibility index (Phi) is 5.11. The average Bonchev–Trinajstić information content (AvgIpc) is 3.30. The fourth-order valence-corrected chi connectivity index (χ4v) is 3.14. The van der Waals surface area contributed by atoms with Gasteiger partial charge >= 0.3 is 12.1 Å². The second-order valence-corrected chi connectivity index (χ2v) is 6.18. The van der Waals surface area contributed by atoms with Gasteiger partial charge in [0.2, 0.25) is 5.82 Å². The van der Waals surface area contributed by atoms with Crippen LogP contribution < -0.4 is 0 Å². The molecule has 1 saturated carbocycles. The molecule has 0 atom stereocenters. The molecule has 1 aliphatic carbocycles. The number of carbonyl (C=O) groups excluding carboxylic acids is 1. The summed E-state index contributed by atoms with van der Waals surface area (Å²) in [6, 6.07) is 6.35. The predicted octanol–water partition coefficient (Wildman–Crippen LogP) is 4.33. The van der Waals surface area contributed by atoms with Gasteiger partial charge in [0.1, 0.15) is 0 Å². The maximum Gasteiger partial charge on any atom is 0.471 e. The first-order valence-corrected chi connectivity index (χ1v) is 8.33. The summed E-state index contributed by atoms with van der Waals surface area (Å²) < 4.78 is 41.9. The highest BCUT2D eigenvalue weighted by Crippen LogP contribution is 2.30. The van der Waals surface area contributed by atoms with E-state index in [1.807, 2.05) is 0 Å². The third kappa shape index (κ3) is 3.79. The van der Waals surface area contributed by atoms with Gasteiger partial charge in [-0.1, -0.05) is 36.2 Å². The molecule has 0 bridgehead atoms. The molecule has 26 heavy (non-hydrogen) atoms. The Hall–Kier alpha value is -2.64. The third-order valence-corrected chi connectivity index (χ3v) is 4.41. The van der Waals surface area contributed by atoms with Crippen LogP contribution in [0.25, 0.3) is 11.4 Å². The number of rotatable bonds is 5. The van der Waals surface area contributed by atoms with E-state index >= 15 is 0 Å². The topological polar surface area (TPSA) is 59.2 Å². The van der Waals surface area contributed by atoms with Crippen LogP contribution in [-0.4, -0.2) is 33.5 Å². The van der Waals surface area contributed by atoms with Crippen LogP contribution in [-0.2, 0) is 6.18 Å². The first-order chi connectivity index (χ1) is 12.4. The van der Waals surface area contributed by atoms with Crippen molar-refractivity contribution in [2.75, 3.05) is 6.54 Å². The monoisotopic (exact) mass is 365 g/mol. The number of alkyl halides is 3. The van der Waals surface area contributed by atoms with Gasteiger partial charge in [-0.15, -0.1) is 6.58 Å². The van der Waals surface area contributed by atoms with Crippen molar-refractivity contribution in [3.05, 3.63) is 48.4 Å². The molecule has 1 aliphatic rings. The SMILES string of the molecule is C=CCN(C(=O)c1ccc(-c2noc(C(F)(F)F)n2)cc1)C1CCCC1. The predicted molar refractivity (Wildman–Crippen MR) is 88.2 cm³/mol. The number of halogens is 3. The molecule has 138 valence electrons. The van der Waals surface area contributed by atoms with Gasteiger partial charge in [-0.3, -0.25) is 4.79 Å². The van der Waals surface area contributed by atoms with Crippen LogP contribution in [0.1, 0.15) is 41.9 Å². The second-order valence-electron chi connectivity index (χ2n) is 6.18. The van der Waals surface area contributed by atoms with Gasteiger partial charge in [-0.05, 0) is 25.0 Å². The van der Waals surface area contributed by atoms with Gasteiger partial charge in [0.15, 0.2) is 0 Å². The van der Waals surface area contributed by atoms with Crippen LogP contribution in [0.2, 0.25) is 0 Å². The van der Waals surface area contributed by atoms with Crippen molar-refractivity contribution >= 4 is 5.91 Å². The Labute approximate surface area is 148 Å². The molecule has 0 aliphatic heterocycles. The molecule has 0 spiro atoms. The van der Waals surface area contributed by atoms with Crippen molar-refractivity contribution in [1.29, 1.82) is 0 Å². The minimum absolute atomic E-state index is 0.118. The zero-order valence-corrected chi connectivity index (χ0v) is 14.0. The normalized spacial score (nSPS) is 15.2. The Morgan fingerprint density at radius 2 is 1.92 bits per heavy atom. The maximum absolute atomic E-state index is 12.8. The maximum atomic E-state index is 12.8. The Morgan fingerprint density at radius 3 is 2.46 bits per heavy atom. The summed E-state index contributed by atoms with van der Waals surface area (Å²) >= 11 is 0. The summed E-state index contributed by atoms with van der Waals surface area (Å²) in [5.41, 5.74) is 0.805. The molecule has 0 saturated heterocycles. The molecule has 5 nitrogen and oxygen atoms in total. The second kappa shape index (κ2) is 7.31. The number of hydrogen-bond donors (Lipinski definition) is 0. The zero-order chi connectivity index (χ0) is 18.7. The van der Waals surface area contributed by atoms with E-state index in [2.05, 4.69) is 21.2 Å². The lowest BCUT2D eigenvalue weighted by atomic mass is 10.1. The van der Waals surface area contributed by atoms with E-state index in [1.54, 1.807) is 23.1 Å². The van der Waals surface area contributed by atoms with E-state index in [1.165, 1.54) is 12.1 Å². The molecule has 8 heteroatoms. The van der Waals surface area contributed by atoms with Crippen molar-refractivity contribution in [2.24, 2.45) is 0 Å². The Balaban J connectivity index is 1.78. The molecule has 1 aromatic heterocycles. The van der Waals surface area contributed by atoms with E-state index in [0.717, 1.165) is 25.7 Å². The lowest BCUT2D eigenvalue weighted by molar-refractivity contribution is -0.159. The molecule has 0 N–H and O–H groups in total. The lowest BCUT2D eigenvalue weighted by Crippen LogP contribution is -2.38. The van der Waals surface area contributed by atoms with Gasteiger partial charge in [-0.25, -0.2) is 0 Å². The summed E-state index contributed by atoms with van der Waals surface area (Å²) in [6.07, 6.45) is 1.16. The van der Waals surface area contributed by atoms with Gasteiger partial charge in [0.05, 0.1) is 0 Å². The van der Waals surface area contributed by atoms with E-state index in [9.17, 15) is 18.0 Å². The first-order valence-electron chi connectivity index (χ1n) is 8.33. The molecule has 1 heterocycles. The first kappa shape index (κ1) is 18.2. The van der Waals surface area contributed by atoms with E-state index in [0.29, 0.717) is 17.7 Å². The van der Waals surface area contributed by atoms with Crippen LogP contribution in [0, 0.1) is 0 Å². The van der Waals surface area contributed by atoms with Crippen LogP contribution in [0.3, 0.4) is 0 Å². The van der Waals surface area contributed by atoms with Crippen molar-refractivity contribution in [2.45, 2.75) is 37.9 Å². The van der Waals surface area contributed by atoms with E-state index in [-0.39, 0.29) is 17.8 Å². The largest absolute Gasteiger partial charge is 0.471 e. The minimum atomic E-state index is -4.69. The summed E-state index contributed by atoms with van der Waals surface area (Å²) in [6.45, 7) is 4.17. The van der Waals surface area contributed by atoms with Crippen molar-refractivity contribution in [3.63, 3.8) is 0 Å². The summed E-state index contributed by atoms with van der Waals surface area (Å²) in [4.78, 5) is 17.9. The zero-order valence-electron chi connectivity index (χ0n) is 14.0. The molecule has 3 rings (SSSR count). The fraction of sp³-hybridized carbons (Fsp3) is 0.389. The van der Waals surface area contributed by atoms with Gasteiger partial charge < -0.3 is 9.42 Å². The van der Waals surface area contributed by atoms with Crippen LogP contribution in [0.4, 0.5) is 13.2 Å². The third-order valence-electron chi connectivity index (χ3n) is 4.41.